The van der Waals surface area contributed by atoms with Crippen LogP contribution in [0, 0.1) is 10.1 Å². The molecule has 1 aliphatic rings. The van der Waals surface area contributed by atoms with Crippen LogP contribution in [0.4, 0.5) is 11.4 Å². The molecular weight excluding hydrogens is 351 g/mol. The van der Waals surface area contributed by atoms with Crippen molar-refractivity contribution >= 4 is 34.6 Å². The molecule has 2 aromatic carbocycles. The molecule has 1 heterocycles. The van der Waals surface area contributed by atoms with Gasteiger partial charge in [-0.05, 0) is 18.2 Å². The number of para-hydroxylation sites is 1. The lowest BCUT2D eigenvalue weighted by Gasteiger charge is -2.34. The number of nitro benzene ring substituents is 1. The van der Waals surface area contributed by atoms with Crippen molar-refractivity contribution < 1.29 is 9.66 Å². The number of hydrogen-bond donors (Lipinski definition) is 0. The van der Waals surface area contributed by atoms with Crippen molar-refractivity contribution in [2.75, 3.05) is 18.0 Å². The van der Waals surface area contributed by atoms with Gasteiger partial charge in [-0.2, -0.15) is 0 Å². The van der Waals surface area contributed by atoms with E-state index in [2.05, 4.69) is 4.90 Å². The molecule has 1 fully saturated rings. The molecule has 0 N–H and O–H groups in total. The van der Waals surface area contributed by atoms with Gasteiger partial charge in [0.25, 0.3) is 5.69 Å². The number of rotatable bonds is 4. The Morgan fingerprint density at radius 1 is 1.08 bits per heavy atom. The zero-order valence-electron chi connectivity index (χ0n) is 12.8. The highest BCUT2D eigenvalue weighted by Crippen LogP contribution is 2.32. The Balaban J connectivity index is 1.62. The fourth-order valence-electron chi connectivity index (χ4n) is 2.80. The first-order chi connectivity index (χ1) is 11.5. The highest BCUT2D eigenvalue weighted by atomic mass is 35.5. The minimum absolute atomic E-state index is 0.0303. The van der Waals surface area contributed by atoms with E-state index in [-0.39, 0.29) is 16.8 Å². The van der Waals surface area contributed by atoms with E-state index in [1.165, 1.54) is 12.1 Å². The van der Waals surface area contributed by atoms with Gasteiger partial charge in [0.2, 0.25) is 0 Å². The summed E-state index contributed by atoms with van der Waals surface area (Å²) in [7, 11) is 0. The van der Waals surface area contributed by atoms with Crippen LogP contribution >= 0.6 is 23.2 Å². The SMILES string of the molecule is O=[N+]([O-])c1ccc(OC2CCN(c3ccccc3Cl)CC2)c(Cl)c1. The summed E-state index contributed by atoms with van der Waals surface area (Å²) in [6, 6.07) is 12.1. The highest BCUT2D eigenvalue weighted by molar-refractivity contribution is 6.33. The highest BCUT2D eigenvalue weighted by Gasteiger charge is 2.23. The summed E-state index contributed by atoms with van der Waals surface area (Å²) < 4.78 is 5.92. The van der Waals surface area contributed by atoms with Gasteiger partial charge in [-0.1, -0.05) is 35.3 Å². The Morgan fingerprint density at radius 3 is 2.42 bits per heavy atom. The van der Waals surface area contributed by atoms with E-state index in [0.29, 0.717) is 5.75 Å². The van der Waals surface area contributed by atoms with Crippen LogP contribution in [-0.2, 0) is 0 Å². The van der Waals surface area contributed by atoms with Gasteiger partial charge in [0.1, 0.15) is 11.9 Å². The molecule has 24 heavy (non-hydrogen) atoms. The maximum atomic E-state index is 10.7. The molecule has 0 aromatic heterocycles. The van der Waals surface area contributed by atoms with E-state index >= 15 is 0 Å². The first kappa shape index (κ1) is 16.9. The van der Waals surface area contributed by atoms with Crippen molar-refractivity contribution in [1.82, 2.24) is 0 Å². The van der Waals surface area contributed by atoms with E-state index in [9.17, 15) is 10.1 Å². The largest absolute Gasteiger partial charge is 0.489 e. The molecule has 0 radical (unpaired) electrons. The van der Waals surface area contributed by atoms with Crippen molar-refractivity contribution in [3.63, 3.8) is 0 Å². The first-order valence-electron chi connectivity index (χ1n) is 7.64. The molecule has 0 spiro atoms. The number of anilines is 1. The molecule has 7 heteroatoms. The molecule has 0 bridgehead atoms. The maximum Gasteiger partial charge on any atom is 0.271 e. The van der Waals surface area contributed by atoms with Crippen LogP contribution in [0.2, 0.25) is 10.0 Å². The number of non-ortho nitro benzene ring substituents is 1. The second kappa shape index (κ2) is 7.28. The third-order valence-corrected chi connectivity index (χ3v) is 4.67. The van der Waals surface area contributed by atoms with E-state index in [1.807, 2.05) is 24.3 Å². The van der Waals surface area contributed by atoms with Crippen LogP contribution in [0.15, 0.2) is 42.5 Å². The Kier molecular flexibility index (Phi) is 5.11. The second-order valence-corrected chi connectivity index (χ2v) is 6.44. The molecule has 5 nitrogen and oxygen atoms in total. The fraction of sp³-hybridized carbons (Fsp3) is 0.294. The van der Waals surface area contributed by atoms with E-state index in [1.54, 1.807) is 6.07 Å². The van der Waals surface area contributed by atoms with Gasteiger partial charge in [-0.25, -0.2) is 0 Å². The topological polar surface area (TPSA) is 55.6 Å². The number of nitro groups is 1. The van der Waals surface area contributed by atoms with Gasteiger partial charge in [0, 0.05) is 38.1 Å². The number of nitrogens with zero attached hydrogens (tertiary/aromatic N) is 2. The molecule has 126 valence electrons. The molecule has 0 saturated carbocycles. The lowest BCUT2D eigenvalue weighted by molar-refractivity contribution is -0.384. The average Bonchev–Trinajstić information content (AvgIpc) is 2.58. The Labute approximate surface area is 149 Å². The molecule has 0 unspecified atom stereocenters. The lowest BCUT2D eigenvalue weighted by Crippen LogP contribution is -2.38. The van der Waals surface area contributed by atoms with Crippen LogP contribution in [0.3, 0.4) is 0 Å². The third-order valence-electron chi connectivity index (χ3n) is 4.06. The minimum Gasteiger partial charge on any atom is -0.489 e. The monoisotopic (exact) mass is 366 g/mol. The molecular formula is C17H16Cl2N2O3. The predicted molar refractivity (Wildman–Crippen MR) is 95.4 cm³/mol. The second-order valence-electron chi connectivity index (χ2n) is 5.63. The number of ether oxygens (including phenoxy) is 1. The van der Waals surface area contributed by atoms with Gasteiger partial charge in [-0.15, -0.1) is 0 Å². The van der Waals surface area contributed by atoms with Gasteiger partial charge in [-0.3, -0.25) is 10.1 Å². The van der Waals surface area contributed by atoms with Crippen molar-refractivity contribution in [3.8, 4) is 5.75 Å². The molecule has 1 aliphatic heterocycles. The van der Waals surface area contributed by atoms with Crippen molar-refractivity contribution in [2.45, 2.75) is 18.9 Å². The fourth-order valence-corrected chi connectivity index (χ4v) is 3.28. The molecule has 2 aromatic rings. The van der Waals surface area contributed by atoms with Crippen molar-refractivity contribution in [1.29, 1.82) is 0 Å². The summed E-state index contributed by atoms with van der Waals surface area (Å²) in [5.41, 5.74) is 0.992. The molecule has 3 rings (SSSR count). The first-order valence-corrected chi connectivity index (χ1v) is 8.40. The van der Waals surface area contributed by atoms with E-state index in [0.717, 1.165) is 36.6 Å². The van der Waals surface area contributed by atoms with Gasteiger partial charge >= 0.3 is 0 Å². The summed E-state index contributed by atoms with van der Waals surface area (Å²) in [5, 5.41) is 11.8. The van der Waals surface area contributed by atoms with Crippen LogP contribution in [0.25, 0.3) is 0 Å². The quantitative estimate of drug-likeness (QED) is 0.567. The Hall–Kier alpha value is -1.98. The smallest absolute Gasteiger partial charge is 0.271 e. The maximum absolute atomic E-state index is 10.7. The number of piperidine rings is 1. The predicted octanol–water partition coefficient (Wildman–Crippen LogP) is 4.95. The minimum atomic E-state index is -0.474. The molecule has 0 aliphatic carbocycles. The zero-order valence-corrected chi connectivity index (χ0v) is 14.3. The van der Waals surface area contributed by atoms with E-state index < -0.39 is 4.92 Å². The van der Waals surface area contributed by atoms with E-state index in [4.69, 9.17) is 27.9 Å². The summed E-state index contributed by atoms with van der Waals surface area (Å²) in [4.78, 5) is 12.5. The van der Waals surface area contributed by atoms with Crippen LogP contribution in [-0.4, -0.2) is 24.1 Å². The van der Waals surface area contributed by atoms with Gasteiger partial charge in [0.05, 0.1) is 20.7 Å². The molecule has 1 saturated heterocycles. The van der Waals surface area contributed by atoms with Crippen molar-refractivity contribution in [2.24, 2.45) is 0 Å². The standard InChI is InChI=1S/C17H16Cl2N2O3/c18-14-3-1-2-4-16(14)20-9-7-13(8-10-20)24-17-6-5-12(21(22)23)11-15(17)19/h1-6,11,13H,7-10H2. The molecule has 0 amide bonds. The number of hydrogen-bond acceptors (Lipinski definition) is 4. The zero-order chi connectivity index (χ0) is 17.1. The average molecular weight is 367 g/mol. The Morgan fingerprint density at radius 2 is 1.79 bits per heavy atom. The normalized spacial score (nSPS) is 15.3. The Bertz CT molecular complexity index is 746. The van der Waals surface area contributed by atoms with Crippen LogP contribution in [0.1, 0.15) is 12.8 Å². The number of benzene rings is 2. The molecule has 0 atom stereocenters. The summed E-state index contributed by atoms with van der Waals surface area (Å²) in [6.45, 7) is 1.66. The number of halogens is 2. The lowest BCUT2D eigenvalue weighted by atomic mass is 10.1. The van der Waals surface area contributed by atoms with Crippen LogP contribution < -0.4 is 9.64 Å². The van der Waals surface area contributed by atoms with Crippen LogP contribution in [0.5, 0.6) is 5.75 Å². The third kappa shape index (κ3) is 3.74. The summed E-state index contributed by atoms with van der Waals surface area (Å²) in [5.74, 6) is 0.485. The summed E-state index contributed by atoms with van der Waals surface area (Å²) >= 11 is 12.3. The summed E-state index contributed by atoms with van der Waals surface area (Å²) in [6.07, 6.45) is 1.69. The van der Waals surface area contributed by atoms with Crippen molar-refractivity contribution in [3.05, 3.63) is 62.6 Å². The van der Waals surface area contributed by atoms with Gasteiger partial charge < -0.3 is 9.64 Å². The van der Waals surface area contributed by atoms with Gasteiger partial charge in [0.15, 0.2) is 0 Å².